The minimum absolute atomic E-state index is 0.177. The van der Waals surface area contributed by atoms with Gasteiger partial charge >= 0.3 is 0 Å². The molecule has 1 fully saturated rings. The number of nitrogens with zero attached hydrogens (tertiary/aromatic N) is 3. The Morgan fingerprint density at radius 3 is 2.50 bits per heavy atom. The van der Waals surface area contributed by atoms with Gasteiger partial charge in [-0.1, -0.05) is 0 Å². The molecule has 8 nitrogen and oxygen atoms in total. The molecule has 150 valence electrons. The summed E-state index contributed by atoms with van der Waals surface area (Å²) >= 11 is 0. The summed E-state index contributed by atoms with van der Waals surface area (Å²) in [7, 11) is 0.237. The lowest BCUT2D eigenvalue weighted by Crippen LogP contribution is -2.40. The highest BCUT2D eigenvalue weighted by molar-refractivity contribution is 7.89. The fourth-order valence-electron chi connectivity index (χ4n) is 2.81. The molecular formula is C19H24N4O4S. The highest BCUT2D eigenvalue weighted by Gasteiger charge is 2.26. The maximum Gasteiger partial charge on any atom is 0.251 e. The number of pyridine rings is 1. The van der Waals surface area contributed by atoms with Gasteiger partial charge < -0.3 is 15.0 Å². The lowest BCUT2D eigenvalue weighted by molar-refractivity contribution is 0.0730. The second-order valence-electron chi connectivity index (χ2n) is 6.64. The predicted octanol–water partition coefficient (Wildman–Crippen LogP) is 1.10. The molecule has 1 amide bonds. The molecular weight excluding hydrogens is 380 g/mol. The largest absolute Gasteiger partial charge is 0.379 e. The number of carbonyl (C=O) groups excluding carboxylic acids is 1. The molecule has 9 heteroatoms. The van der Waals surface area contributed by atoms with E-state index in [0.29, 0.717) is 38.4 Å². The summed E-state index contributed by atoms with van der Waals surface area (Å²) in [4.78, 5) is 18.7. The van der Waals surface area contributed by atoms with Crippen LogP contribution in [0.15, 0.2) is 47.5 Å². The van der Waals surface area contributed by atoms with Gasteiger partial charge in [0.05, 0.1) is 18.1 Å². The van der Waals surface area contributed by atoms with Gasteiger partial charge in [-0.15, -0.1) is 0 Å². The lowest BCUT2D eigenvalue weighted by atomic mass is 10.2. The van der Waals surface area contributed by atoms with Crippen LogP contribution in [0.1, 0.15) is 15.9 Å². The van der Waals surface area contributed by atoms with Crippen molar-refractivity contribution in [3.63, 3.8) is 0 Å². The molecule has 1 aliphatic heterocycles. The van der Waals surface area contributed by atoms with Gasteiger partial charge in [-0.3, -0.25) is 4.79 Å². The molecule has 28 heavy (non-hydrogen) atoms. The van der Waals surface area contributed by atoms with Crippen molar-refractivity contribution in [2.24, 2.45) is 0 Å². The minimum atomic E-state index is -3.56. The Labute approximate surface area is 165 Å². The Kier molecular flexibility index (Phi) is 6.28. The predicted molar refractivity (Wildman–Crippen MR) is 106 cm³/mol. The molecule has 0 saturated carbocycles. The molecule has 0 unspecified atom stereocenters. The zero-order chi connectivity index (χ0) is 20.1. The minimum Gasteiger partial charge on any atom is -0.379 e. The Balaban J connectivity index is 1.64. The van der Waals surface area contributed by atoms with Crippen LogP contribution in [0.4, 0.5) is 5.82 Å². The number of rotatable bonds is 6. The highest BCUT2D eigenvalue weighted by atomic mass is 32.2. The van der Waals surface area contributed by atoms with Gasteiger partial charge in [0.2, 0.25) is 10.0 Å². The molecule has 1 aliphatic rings. The molecule has 2 aromatic rings. The number of anilines is 1. The summed E-state index contributed by atoms with van der Waals surface area (Å²) in [5, 5.41) is 2.84. The molecule has 0 bridgehead atoms. The third kappa shape index (κ3) is 4.67. The summed E-state index contributed by atoms with van der Waals surface area (Å²) in [6.45, 7) is 1.82. The van der Waals surface area contributed by atoms with E-state index < -0.39 is 10.0 Å². The van der Waals surface area contributed by atoms with Crippen LogP contribution in [0.5, 0.6) is 0 Å². The van der Waals surface area contributed by atoms with Gasteiger partial charge in [0.1, 0.15) is 5.82 Å². The summed E-state index contributed by atoms with van der Waals surface area (Å²) in [6, 6.07) is 9.73. The van der Waals surface area contributed by atoms with Crippen LogP contribution < -0.4 is 10.2 Å². The van der Waals surface area contributed by atoms with E-state index in [2.05, 4.69) is 10.3 Å². The number of aromatic nitrogens is 1. The van der Waals surface area contributed by atoms with Gasteiger partial charge in [-0.25, -0.2) is 13.4 Å². The van der Waals surface area contributed by atoms with Crippen molar-refractivity contribution in [2.75, 3.05) is 45.3 Å². The number of benzene rings is 1. The van der Waals surface area contributed by atoms with Crippen molar-refractivity contribution in [3.8, 4) is 0 Å². The summed E-state index contributed by atoms with van der Waals surface area (Å²) in [6.07, 6.45) is 1.70. The zero-order valence-electron chi connectivity index (χ0n) is 16.0. The van der Waals surface area contributed by atoms with Gasteiger partial charge in [0, 0.05) is 45.5 Å². The summed E-state index contributed by atoms with van der Waals surface area (Å²) < 4.78 is 31.9. The first-order chi connectivity index (χ1) is 13.4. The molecule has 1 saturated heterocycles. The van der Waals surface area contributed by atoms with E-state index in [1.54, 1.807) is 6.20 Å². The van der Waals surface area contributed by atoms with Crippen LogP contribution in [0.25, 0.3) is 0 Å². The third-order valence-electron chi connectivity index (χ3n) is 4.45. The monoisotopic (exact) mass is 404 g/mol. The van der Waals surface area contributed by atoms with Crippen LogP contribution >= 0.6 is 0 Å². The Morgan fingerprint density at radius 2 is 1.86 bits per heavy atom. The van der Waals surface area contributed by atoms with Crippen LogP contribution in [-0.4, -0.2) is 64.0 Å². The number of ether oxygens (including phenoxy) is 1. The third-order valence-corrected chi connectivity index (χ3v) is 6.36. The number of amides is 1. The van der Waals surface area contributed by atoms with Gasteiger partial charge in [-0.2, -0.15) is 4.31 Å². The molecule has 0 radical (unpaired) electrons. The van der Waals surface area contributed by atoms with Crippen LogP contribution in [-0.2, 0) is 21.3 Å². The Morgan fingerprint density at radius 1 is 1.18 bits per heavy atom. The topological polar surface area (TPSA) is 91.8 Å². The average molecular weight is 404 g/mol. The van der Waals surface area contributed by atoms with Crippen LogP contribution in [0.3, 0.4) is 0 Å². The number of hydrogen-bond donors (Lipinski definition) is 1. The fraction of sp³-hybridized carbons (Fsp3) is 0.368. The number of nitrogens with one attached hydrogen (secondary N) is 1. The van der Waals surface area contributed by atoms with Crippen molar-refractivity contribution in [1.82, 2.24) is 14.6 Å². The molecule has 2 heterocycles. The first-order valence-corrected chi connectivity index (χ1v) is 10.4. The van der Waals surface area contributed by atoms with E-state index in [1.165, 1.54) is 28.6 Å². The number of hydrogen-bond acceptors (Lipinski definition) is 6. The van der Waals surface area contributed by atoms with E-state index in [4.69, 9.17) is 4.74 Å². The standard InChI is InChI=1S/C19H24N4O4S/c1-22(2)18-13-15(7-8-20-18)14-21-19(24)16-3-5-17(6-4-16)28(25,26)23-9-11-27-12-10-23/h3-8,13H,9-12,14H2,1-2H3,(H,21,24). The zero-order valence-corrected chi connectivity index (χ0v) is 16.8. The number of sulfonamides is 1. The van der Waals surface area contributed by atoms with Crippen molar-refractivity contribution in [3.05, 3.63) is 53.7 Å². The molecule has 1 aromatic heterocycles. The quantitative estimate of drug-likeness (QED) is 0.775. The van der Waals surface area contributed by atoms with E-state index in [0.717, 1.165) is 11.4 Å². The molecule has 1 N–H and O–H groups in total. The molecule has 0 spiro atoms. The van der Waals surface area contributed by atoms with Gasteiger partial charge in [0.15, 0.2) is 0 Å². The molecule has 1 aromatic carbocycles. The van der Waals surface area contributed by atoms with Crippen LogP contribution in [0, 0.1) is 0 Å². The van der Waals surface area contributed by atoms with Crippen molar-refractivity contribution in [1.29, 1.82) is 0 Å². The van der Waals surface area contributed by atoms with Gasteiger partial charge in [0.25, 0.3) is 5.91 Å². The van der Waals surface area contributed by atoms with Crippen LogP contribution in [0.2, 0.25) is 0 Å². The molecule has 0 atom stereocenters. The first-order valence-electron chi connectivity index (χ1n) is 8.96. The molecule has 3 rings (SSSR count). The molecule has 0 aliphatic carbocycles. The fourth-order valence-corrected chi connectivity index (χ4v) is 4.22. The van der Waals surface area contributed by atoms with E-state index >= 15 is 0 Å². The SMILES string of the molecule is CN(C)c1cc(CNC(=O)c2ccc(S(=O)(=O)N3CCOCC3)cc2)ccn1. The first kappa shape index (κ1) is 20.2. The Hall–Kier alpha value is -2.49. The van der Waals surface area contributed by atoms with Crippen molar-refractivity contribution in [2.45, 2.75) is 11.4 Å². The van der Waals surface area contributed by atoms with Crippen molar-refractivity contribution < 1.29 is 17.9 Å². The number of carbonyl (C=O) groups is 1. The second-order valence-corrected chi connectivity index (χ2v) is 8.58. The Bertz CT molecular complexity index is 923. The van der Waals surface area contributed by atoms with E-state index in [9.17, 15) is 13.2 Å². The normalized spacial score (nSPS) is 15.2. The maximum absolute atomic E-state index is 12.6. The highest BCUT2D eigenvalue weighted by Crippen LogP contribution is 2.18. The number of morpholine rings is 1. The van der Waals surface area contributed by atoms with E-state index in [1.807, 2.05) is 31.1 Å². The smallest absolute Gasteiger partial charge is 0.251 e. The van der Waals surface area contributed by atoms with Gasteiger partial charge in [-0.05, 0) is 42.0 Å². The second kappa shape index (κ2) is 8.68. The summed E-state index contributed by atoms with van der Waals surface area (Å²) in [5.74, 6) is 0.544. The average Bonchev–Trinajstić information content (AvgIpc) is 2.73. The lowest BCUT2D eigenvalue weighted by Gasteiger charge is -2.26. The van der Waals surface area contributed by atoms with E-state index in [-0.39, 0.29) is 10.8 Å². The summed E-state index contributed by atoms with van der Waals surface area (Å²) in [5.41, 5.74) is 1.33. The maximum atomic E-state index is 12.6. The van der Waals surface area contributed by atoms with Crippen molar-refractivity contribution >= 4 is 21.7 Å².